The van der Waals surface area contributed by atoms with E-state index in [9.17, 15) is 4.79 Å². The first kappa shape index (κ1) is 15.4. The first-order valence-corrected chi connectivity index (χ1v) is 8.47. The number of piperidine rings is 1. The number of alkyl halides is 1. The minimum absolute atomic E-state index is 0.240. The monoisotopic (exact) mass is 339 g/mol. The molecule has 1 aliphatic rings. The Labute approximate surface area is 129 Å². The van der Waals surface area contributed by atoms with Crippen molar-refractivity contribution in [2.75, 3.05) is 18.4 Å². The average molecular weight is 340 g/mol. The summed E-state index contributed by atoms with van der Waals surface area (Å²) in [6, 6.07) is 9.92. The molecule has 1 saturated heterocycles. The van der Waals surface area contributed by atoms with E-state index in [0.29, 0.717) is 12.3 Å². The van der Waals surface area contributed by atoms with E-state index in [4.69, 9.17) is 4.74 Å². The Morgan fingerprint density at radius 3 is 2.55 bits per heavy atom. The molecule has 110 valence electrons. The number of amides is 1. The minimum Gasteiger partial charge on any atom is -0.490 e. The lowest BCUT2D eigenvalue weighted by atomic mass is 10.1. The third-order valence-electron chi connectivity index (χ3n) is 3.61. The van der Waals surface area contributed by atoms with E-state index in [1.165, 1.54) is 0 Å². The summed E-state index contributed by atoms with van der Waals surface area (Å²) in [7, 11) is 0. The summed E-state index contributed by atoms with van der Waals surface area (Å²) in [5.74, 6) is 1.22. The van der Waals surface area contributed by atoms with E-state index in [1.54, 1.807) is 0 Å². The first-order chi connectivity index (χ1) is 9.79. The molecule has 1 fully saturated rings. The lowest BCUT2D eigenvalue weighted by molar-refractivity contribution is -0.133. The molecule has 0 unspecified atom stereocenters. The van der Waals surface area contributed by atoms with Crippen molar-refractivity contribution in [3.8, 4) is 5.75 Å². The molecule has 0 radical (unpaired) electrons. The molecule has 1 amide bonds. The van der Waals surface area contributed by atoms with Gasteiger partial charge in [-0.05, 0) is 25.0 Å². The van der Waals surface area contributed by atoms with Crippen molar-refractivity contribution in [1.82, 2.24) is 4.90 Å². The van der Waals surface area contributed by atoms with E-state index >= 15 is 0 Å². The number of carbonyl (C=O) groups excluding carboxylic acids is 1. The summed E-state index contributed by atoms with van der Waals surface area (Å²) in [4.78, 5) is 14.0. The molecular weight excluding hydrogens is 318 g/mol. The molecule has 1 aliphatic heterocycles. The normalized spacial score (nSPS) is 16.1. The van der Waals surface area contributed by atoms with Gasteiger partial charge in [0.1, 0.15) is 11.9 Å². The van der Waals surface area contributed by atoms with Crippen molar-refractivity contribution < 1.29 is 9.53 Å². The van der Waals surface area contributed by atoms with Gasteiger partial charge in [0, 0.05) is 37.7 Å². The van der Waals surface area contributed by atoms with Gasteiger partial charge in [-0.25, -0.2) is 0 Å². The molecule has 3 nitrogen and oxygen atoms in total. The van der Waals surface area contributed by atoms with Gasteiger partial charge < -0.3 is 9.64 Å². The highest BCUT2D eigenvalue weighted by molar-refractivity contribution is 9.09. The van der Waals surface area contributed by atoms with E-state index in [-0.39, 0.29) is 6.10 Å². The number of unbranched alkanes of at least 4 members (excludes halogenated alkanes) is 1. The number of benzene rings is 1. The predicted molar refractivity (Wildman–Crippen MR) is 84.3 cm³/mol. The highest BCUT2D eigenvalue weighted by Gasteiger charge is 2.23. The van der Waals surface area contributed by atoms with Crippen LogP contribution in [-0.2, 0) is 4.79 Å². The maximum absolute atomic E-state index is 12.0. The van der Waals surface area contributed by atoms with Crippen LogP contribution in [0.1, 0.15) is 32.1 Å². The van der Waals surface area contributed by atoms with Crippen LogP contribution in [0.2, 0.25) is 0 Å². The Morgan fingerprint density at radius 1 is 1.20 bits per heavy atom. The van der Waals surface area contributed by atoms with Crippen molar-refractivity contribution in [3.05, 3.63) is 30.3 Å². The SMILES string of the molecule is O=C(CCCCBr)N1CCC(Oc2ccccc2)CC1. The Bertz CT molecular complexity index is 402. The third-order valence-corrected chi connectivity index (χ3v) is 4.18. The number of rotatable bonds is 6. The van der Waals surface area contributed by atoms with Gasteiger partial charge >= 0.3 is 0 Å². The van der Waals surface area contributed by atoms with Gasteiger partial charge in [0.05, 0.1) is 0 Å². The summed E-state index contributed by atoms with van der Waals surface area (Å²) in [6.07, 6.45) is 4.82. The van der Waals surface area contributed by atoms with Crippen molar-refractivity contribution >= 4 is 21.8 Å². The summed E-state index contributed by atoms with van der Waals surface area (Å²) in [5, 5.41) is 0.979. The van der Waals surface area contributed by atoms with Crippen LogP contribution in [0.5, 0.6) is 5.75 Å². The van der Waals surface area contributed by atoms with E-state index < -0.39 is 0 Å². The van der Waals surface area contributed by atoms with Crippen LogP contribution in [-0.4, -0.2) is 35.3 Å². The van der Waals surface area contributed by atoms with Crippen LogP contribution in [0.15, 0.2) is 30.3 Å². The molecule has 0 aliphatic carbocycles. The predicted octanol–water partition coefficient (Wildman–Crippen LogP) is 3.62. The first-order valence-electron chi connectivity index (χ1n) is 7.35. The Hall–Kier alpha value is -1.03. The summed E-state index contributed by atoms with van der Waals surface area (Å²) in [6.45, 7) is 1.65. The molecule has 0 atom stereocenters. The van der Waals surface area contributed by atoms with Gasteiger partial charge in [0.2, 0.25) is 5.91 Å². The molecule has 0 spiro atoms. The third kappa shape index (κ3) is 4.82. The summed E-state index contributed by atoms with van der Waals surface area (Å²) >= 11 is 3.39. The van der Waals surface area contributed by atoms with Crippen LogP contribution in [0, 0.1) is 0 Å². The zero-order valence-electron chi connectivity index (χ0n) is 11.8. The van der Waals surface area contributed by atoms with Crippen LogP contribution in [0.25, 0.3) is 0 Å². The number of ether oxygens (including phenoxy) is 1. The standard InChI is InChI=1S/C16H22BrNO2/c17-11-5-4-8-16(19)18-12-9-15(10-13-18)20-14-6-2-1-3-7-14/h1-3,6-7,15H,4-5,8-13H2. The number of nitrogens with zero attached hydrogens (tertiary/aromatic N) is 1. The van der Waals surface area contributed by atoms with E-state index in [0.717, 1.165) is 49.9 Å². The van der Waals surface area contributed by atoms with Gasteiger partial charge in [-0.15, -0.1) is 0 Å². The van der Waals surface area contributed by atoms with Crippen LogP contribution < -0.4 is 4.74 Å². The number of hydrogen-bond donors (Lipinski definition) is 0. The van der Waals surface area contributed by atoms with Crippen LogP contribution >= 0.6 is 15.9 Å². The molecule has 0 aromatic heterocycles. The summed E-state index contributed by atoms with van der Waals surface area (Å²) in [5.41, 5.74) is 0. The largest absolute Gasteiger partial charge is 0.490 e. The second-order valence-corrected chi connectivity index (χ2v) is 5.95. The smallest absolute Gasteiger partial charge is 0.222 e. The number of carbonyl (C=O) groups is 1. The second-order valence-electron chi connectivity index (χ2n) is 5.16. The Kier molecular flexibility index (Phi) is 6.37. The molecular formula is C16H22BrNO2. The number of halogens is 1. The molecule has 1 aromatic rings. The molecule has 1 heterocycles. The van der Waals surface area contributed by atoms with Gasteiger partial charge in [-0.3, -0.25) is 4.79 Å². The fourth-order valence-corrected chi connectivity index (χ4v) is 2.84. The summed E-state index contributed by atoms with van der Waals surface area (Å²) < 4.78 is 5.94. The van der Waals surface area contributed by atoms with Crippen molar-refractivity contribution in [2.24, 2.45) is 0 Å². The zero-order valence-corrected chi connectivity index (χ0v) is 13.3. The van der Waals surface area contributed by atoms with Gasteiger partial charge in [-0.1, -0.05) is 34.1 Å². The molecule has 1 aromatic carbocycles. The van der Waals surface area contributed by atoms with Crippen molar-refractivity contribution in [1.29, 1.82) is 0 Å². The average Bonchev–Trinajstić information content (AvgIpc) is 2.49. The van der Waals surface area contributed by atoms with E-state index in [2.05, 4.69) is 15.9 Å². The van der Waals surface area contributed by atoms with Gasteiger partial charge in [0.25, 0.3) is 0 Å². The molecule has 0 N–H and O–H groups in total. The molecule has 20 heavy (non-hydrogen) atoms. The fraction of sp³-hybridized carbons (Fsp3) is 0.562. The maximum Gasteiger partial charge on any atom is 0.222 e. The highest BCUT2D eigenvalue weighted by atomic mass is 79.9. The molecule has 4 heteroatoms. The van der Waals surface area contributed by atoms with E-state index in [1.807, 2.05) is 35.2 Å². The quantitative estimate of drug-likeness (QED) is 0.585. The molecule has 0 bridgehead atoms. The molecule has 0 saturated carbocycles. The number of para-hydroxylation sites is 1. The zero-order chi connectivity index (χ0) is 14.2. The minimum atomic E-state index is 0.240. The van der Waals surface area contributed by atoms with Crippen LogP contribution in [0.3, 0.4) is 0 Å². The second kappa shape index (κ2) is 8.30. The Morgan fingerprint density at radius 2 is 1.90 bits per heavy atom. The van der Waals surface area contributed by atoms with Gasteiger partial charge in [0.15, 0.2) is 0 Å². The lowest BCUT2D eigenvalue weighted by Gasteiger charge is -2.32. The number of hydrogen-bond acceptors (Lipinski definition) is 2. The lowest BCUT2D eigenvalue weighted by Crippen LogP contribution is -2.41. The topological polar surface area (TPSA) is 29.5 Å². The number of likely N-dealkylation sites (tertiary alicyclic amines) is 1. The maximum atomic E-state index is 12.0. The van der Waals surface area contributed by atoms with Crippen molar-refractivity contribution in [3.63, 3.8) is 0 Å². The fourth-order valence-electron chi connectivity index (χ4n) is 2.44. The van der Waals surface area contributed by atoms with Crippen molar-refractivity contribution in [2.45, 2.75) is 38.2 Å². The highest BCUT2D eigenvalue weighted by Crippen LogP contribution is 2.19. The molecule has 2 rings (SSSR count). The van der Waals surface area contributed by atoms with Crippen LogP contribution in [0.4, 0.5) is 0 Å². The Balaban J connectivity index is 1.71. The van der Waals surface area contributed by atoms with Gasteiger partial charge in [-0.2, -0.15) is 0 Å².